The molecule has 6 nitrogen and oxygen atoms in total. The van der Waals surface area contributed by atoms with Crippen molar-refractivity contribution in [3.05, 3.63) is 42.7 Å². The first kappa shape index (κ1) is 16.1. The highest BCUT2D eigenvalue weighted by molar-refractivity contribution is 5.77. The summed E-state index contributed by atoms with van der Waals surface area (Å²) in [5.74, 6) is 0.274. The van der Waals surface area contributed by atoms with E-state index in [1.807, 2.05) is 0 Å². The Morgan fingerprint density at radius 2 is 1.92 bits per heavy atom. The minimum absolute atomic E-state index is 0.0281. The summed E-state index contributed by atoms with van der Waals surface area (Å²) in [5, 5.41) is 15.9. The Balaban J connectivity index is 1.91. The highest BCUT2D eigenvalue weighted by Gasteiger charge is 2.31. The standard InChI is InChI=1S/C15H13F3N4O2/c16-15(17,18)24-11-3-1-10(2-4-11)12-9-20-22-7-5-13(19-6-8-23)21-14(12)22/h1-5,7,9,23H,6,8H2,(H,19,21). The van der Waals surface area contributed by atoms with E-state index < -0.39 is 6.36 Å². The fraction of sp³-hybridized carbons (Fsp3) is 0.200. The molecule has 0 aliphatic heterocycles. The van der Waals surface area contributed by atoms with Gasteiger partial charge in [0.1, 0.15) is 11.6 Å². The summed E-state index contributed by atoms with van der Waals surface area (Å²) in [6.07, 6.45) is -1.44. The molecule has 0 fully saturated rings. The predicted octanol–water partition coefficient (Wildman–Crippen LogP) is 2.70. The summed E-state index contributed by atoms with van der Waals surface area (Å²) >= 11 is 0. The van der Waals surface area contributed by atoms with Gasteiger partial charge in [-0.05, 0) is 23.8 Å². The monoisotopic (exact) mass is 338 g/mol. The molecule has 0 radical (unpaired) electrons. The number of benzene rings is 1. The number of rotatable bonds is 5. The summed E-state index contributed by atoms with van der Waals surface area (Å²) in [5.41, 5.74) is 1.87. The molecule has 0 spiro atoms. The van der Waals surface area contributed by atoms with Crippen molar-refractivity contribution in [2.24, 2.45) is 0 Å². The van der Waals surface area contributed by atoms with Gasteiger partial charge in [-0.2, -0.15) is 5.10 Å². The maximum atomic E-state index is 12.2. The van der Waals surface area contributed by atoms with Crippen LogP contribution < -0.4 is 10.1 Å². The van der Waals surface area contributed by atoms with Gasteiger partial charge in [-0.3, -0.25) is 0 Å². The zero-order chi connectivity index (χ0) is 17.2. The van der Waals surface area contributed by atoms with Crippen LogP contribution >= 0.6 is 0 Å². The largest absolute Gasteiger partial charge is 0.573 e. The van der Waals surface area contributed by atoms with Crippen LogP contribution in [0.25, 0.3) is 16.8 Å². The zero-order valence-corrected chi connectivity index (χ0v) is 12.3. The number of nitrogens with zero attached hydrogens (tertiary/aromatic N) is 3. The Labute approximate surface area is 134 Å². The van der Waals surface area contributed by atoms with Gasteiger partial charge >= 0.3 is 6.36 Å². The van der Waals surface area contributed by atoms with E-state index in [-0.39, 0.29) is 12.4 Å². The molecule has 24 heavy (non-hydrogen) atoms. The summed E-state index contributed by atoms with van der Waals surface area (Å²) < 4.78 is 42.0. The number of alkyl halides is 3. The van der Waals surface area contributed by atoms with E-state index in [9.17, 15) is 13.2 Å². The van der Waals surface area contributed by atoms with Crippen LogP contribution in [0, 0.1) is 0 Å². The molecule has 0 saturated carbocycles. The molecule has 0 unspecified atom stereocenters. The average molecular weight is 338 g/mol. The van der Waals surface area contributed by atoms with E-state index in [2.05, 4.69) is 20.1 Å². The lowest BCUT2D eigenvalue weighted by molar-refractivity contribution is -0.274. The number of hydrogen-bond acceptors (Lipinski definition) is 5. The van der Waals surface area contributed by atoms with Crippen LogP contribution in [0.1, 0.15) is 0 Å². The van der Waals surface area contributed by atoms with Gasteiger partial charge in [0.2, 0.25) is 0 Å². The van der Waals surface area contributed by atoms with Gasteiger partial charge in [0.25, 0.3) is 0 Å². The van der Waals surface area contributed by atoms with Crippen molar-refractivity contribution < 1.29 is 23.0 Å². The molecule has 9 heteroatoms. The number of nitrogens with one attached hydrogen (secondary N) is 1. The minimum Gasteiger partial charge on any atom is -0.406 e. The number of halogens is 3. The maximum Gasteiger partial charge on any atom is 0.573 e. The number of fused-ring (bicyclic) bond motifs is 1. The van der Waals surface area contributed by atoms with Crippen LogP contribution in [0.4, 0.5) is 19.0 Å². The van der Waals surface area contributed by atoms with Crippen LogP contribution in [-0.4, -0.2) is 39.2 Å². The topological polar surface area (TPSA) is 71.7 Å². The number of anilines is 1. The van der Waals surface area contributed by atoms with E-state index in [1.54, 1.807) is 23.0 Å². The van der Waals surface area contributed by atoms with E-state index in [0.717, 1.165) is 0 Å². The second kappa shape index (κ2) is 6.36. The summed E-state index contributed by atoms with van der Waals surface area (Å²) in [7, 11) is 0. The number of aliphatic hydroxyl groups excluding tert-OH is 1. The molecule has 2 aromatic heterocycles. The molecule has 2 heterocycles. The smallest absolute Gasteiger partial charge is 0.406 e. The van der Waals surface area contributed by atoms with Crippen molar-refractivity contribution >= 4 is 11.5 Å². The molecule has 0 bridgehead atoms. The lowest BCUT2D eigenvalue weighted by Crippen LogP contribution is -2.16. The lowest BCUT2D eigenvalue weighted by atomic mass is 10.1. The van der Waals surface area contributed by atoms with Crippen LogP contribution in [0.15, 0.2) is 42.7 Å². The molecule has 126 valence electrons. The third-order valence-corrected chi connectivity index (χ3v) is 3.19. The predicted molar refractivity (Wildman–Crippen MR) is 80.7 cm³/mol. The van der Waals surface area contributed by atoms with Gasteiger partial charge < -0.3 is 15.2 Å². The first-order valence-electron chi connectivity index (χ1n) is 7.01. The third kappa shape index (κ3) is 3.57. The molecule has 3 aromatic rings. The van der Waals surface area contributed by atoms with E-state index in [0.29, 0.717) is 29.1 Å². The SMILES string of the molecule is OCCNc1ccn2ncc(-c3ccc(OC(F)(F)F)cc3)c2n1. The molecule has 2 N–H and O–H groups in total. The molecule has 0 amide bonds. The van der Waals surface area contributed by atoms with Gasteiger partial charge in [-0.15, -0.1) is 13.2 Å². The van der Waals surface area contributed by atoms with Gasteiger partial charge in [-0.25, -0.2) is 9.50 Å². The van der Waals surface area contributed by atoms with Crippen LogP contribution in [0.3, 0.4) is 0 Å². The van der Waals surface area contributed by atoms with E-state index in [1.165, 1.54) is 24.3 Å². The Bertz CT molecular complexity index is 831. The van der Waals surface area contributed by atoms with Crippen molar-refractivity contribution in [1.82, 2.24) is 14.6 Å². The number of ether oxygens (including phenoxy) is 1. The zero-order valence-electron chi connectivity index (χ0n) is 12.3. The second-order valence-corrected chi connectivity index (χ2v) is 4.86. The lowest BCUT2D eigenvalue weighted by Gasteiger charge is -2.09. The molecular weight excluding hydrogens is 325 g/mol. The van der Waals surface area contributed by atoms with Crippen molar-refractivity contribution in [2.45, 2.75) is 6.36 Å². The highest BCUT2D eigenvalue weighted by atomic mass is 19.4. The first-order chi connectivity index (χ1) is 11.5. The average Bonchev–Trinajstić information content (AvgIpc) is 2.95. The fourth-order valence-electron chi connectivity index (χ4n) is 2.19. The van der Waals surface area contributed by atoms with Crippen molar-refractivity contribution in [3.8, 4) is 16.9 Å². The van der Waals surface area contributed by atoms with Crippen LogP contribution in [-0.2, 0) is 0 Å². The number of hydrogen-bond donors (Lipinski definition) is 2. The van der Waals surface area contributed by atoms with Crippen molar-refractivity contribution in [2.75, 3.05) is 18.5 Å². The first-order valence-corrected chi connectivity index (χ1v) is 7.01. The van der Waals surface area contributed by atoms with Crippen molar-refractivity contribution in [3.63, 3.8) is 0 Å². The van der Waals surface area contributed by atoms with Crippen molar-refractivity contribution in [1.29, 1.82) is 0 Å². The molecule has 0 aliphatic rings. The molecule has 0 aliphatic carbocycles. The van der Waals surface area contributed by atoms with Crippen LogP contribution in [0.5, 0.6) is 5.75 Å². The summed E-state index contributed by atoms with van der Waals surface area (Å²) in [6.45, 7) is 0.329. The normalized spacial score (nSPS) is 11.7. The molecule has 1 aromatic carbocycles. The van der Waals surface area contributed by atoms with E-state index in [4.69, 9.17) is 5.11 Å². The van der Waals surface area contributed by atoms with Crippen LogP contribution in [0.2, 0.25) is 0 Å². The van der Waals surface area contributed by atoms with E-state index >= 15 is 0 Å². The summed E-state index contributed by atoms with van der Waals surface area (Å²) in [6, 6.07) is 7.20. The Morgan fingerprint density at radius 3 is 2.58 bits per heavy atom. The van der Waals surface area contributed by atoms with Gasteiger partial charge in [0.15, 0.2) is 5.65 Å². The Hall–Kier alpha value is -2.81. The summed E-state index contributed by atoms with van der Waals surface area (Å²) in [4.78, 5) is 4.40. The second-order valence-electron chi connectivity index (χ2n) is 4.86. The minimum atomic E-state index is -4.72. The fourth-order valence-corrected chi connectivity index (χ4v) is 2.19. The molecule has 0 atom stereocenters. The molecule has 3 rings (SSSR count). The number of aliphatic hydroxyl groups is 1. The Kier molecular flexibility index (Phi) is 4.26. The highest BCUT2D eigenvalue weighted by Crippen LogP contribution is 2.28. The number of aromatic nitrogens is 3. The van der Waals surface area contributed by atoms with Gasteiger partial charge in [-0.1, -0.05) is 12.1 Å². The van der Waals surface area contributed by atoms with Gasteiger partial charge in [0.05, 0.1) is 12.8 Å². The quantitative estimate of drug-likeness (QED) is 0.748. The molecule has 0 saturated heterocycles. The third-order valence-electron chi connectivity index (χ3n) is 3.19. The maximum absolute atomic E-state index is 12.2. The Morgan fingerprint density at radius 1 is 1.17 bits per heavy atom. The molecular formula is C15H13F3N4O2. The van der Waals surface area contributed by atoms with Gasteiger partial charge in [0, 0.05) is 18.3 Å².